The highest BCUT2D eigenvalue weighted by Gasteiger charge is 2.45. The third-order valence-electron chi connectivity index (χ3n) is 4.03. The van der Waals surface area contributed by atoms with E-state index in [-0.39, 0.29) is 16.7 Å². The minimum absolute atomic E-state index is 0.116. The number of benzene rings is 1. The van der Waals surface area contributed by atoms with E-state index in [4.69, 9.17) is 5.73 Å². The van der Waals surface area contributed by atoms with Crippen LogP contribution < -0.4 is 11.1 Å². The molecule has 2 rings (SSSR count). The zero-order chi connectivity index (χ0) is 14.2. The number of hydrogen-bond donors (Lipinski definition) is 2. The predicted octanol–water partition coefficient (Wildman–Crippen LogP) is 2.71. The van der Waals surface area contributed by atoms with Gasteiger partial charge in [-0.15, -0.1) is 0 Å². The van der Waals surface area contributed by atoms with Gasteiger partial charge in [-0.25, -0.2) is 8.78 Å². The molecule has 1 aliphatic rings. The minimum Gasteiger partial charge on any atom is -0.396 e. The Morgan fingerprint density at radius 3 is 2.58 bits per heavy atom. The number of nitrogens with two attached hydrogens (primary N) is 1. The topological polar surface area (TPSA) is 55.1 Å². The molecule has 5 heteroatoms. The number of amides is 1. The van der Waals surface area contributed by atoms with E-state index in [1.54, 1.807) is 0 Å². The average molecular weight is 268 g/mol. The Kier molecular flexibility index (Phi) is 3.47. The lowest BCUT2D eigenvalue weighted by Gasteiger charge is -2.20. The maximum absolute atomic E-state index is 13.7. The Bertz CT molecular complexity index is 510. The highest BCUT2D eigenvalue weighted by molar-refractivity contribution is 5.95. The SMILES string of the molecule is CC(C)C1(CNC(=O)c2cc(F)cc(N)c2F)CC1. The normalized spacial score (nSPS) is 16.5. The lowest BCUT2D eigenvalue weighted by atomic mass is 9.92. The van der Waals surface area contributed by atoms with Crippen LogP contribution >= 0.6 is 0 Å². The summed E-state index contributed by atoms with van der Waals surface area (Å²) in [6.07, 6.45) is 2.11. The van der Waals surface area contributed by atoms with Gasteiger partial charge in [0.1, 0.15) is 5.82 Å². The lowest BCUT2D eigenvalue weighted by molar-refractivity contribution is 0.0935. The van der Waals surface area contributed by atoms with Crippen molar-refractivity contribution < 1.29 is 13.6 Å². The van der Waals surface area contributed by atoms with E-state index in [1.165, 1.54) is 0 Å². The second-order valence-electron chi connectivity index (χ2n) is 5.56. The summed E-state index contributed by atoms with van der Waals surface area (Å²) in [5, 5.41) is 2.68. The van der Waals surface area contributed by atoms with E-state index in [9.17, 15) is 13.6 Å². The molecule has 0 unspecified atom stereocenters. The van der Waals surface area contributed by atoms with Gasteiger partial charge in [-0.2, -0.15) is 0 Å². The van der Waals surface area contributed by atoms with Crippen LogP contribution in [0, 0.1) is 23.0 Å². The molecule has 0 bridgehead atoms. The second-order valence-corrected chi connectivity index (χ2v) is 5.56. The molecule has 19 heavy (non-hydrogen) atoms. The van der Waals surface area contributed by atoms with Crippen LogP contribution in [0.2, 0.25) is 0 Å². The van der Waals surface area contributed by atoms with Crippen molar-refractivity contribution in [2.24, 2.45) is 11.3 Å². The molecular formula is C14H18F2N2O. The fourth-order valence-electron chi connectivity index (χ4n) is 2.25. The number of hydrogen-bond acceptors (Lipinski definition) is 2. The summed E-state index contributed by atoms with van der Waals surface area (Å²) >= 11 is 0. The molecule has 0 saturated heterocycles. The predicted molar refractivity (Wildman–Crippen MR) is 69.6 cm³/mol. The summed E-state index contributed by atoms with van der Waals surface area (Å²) in [7, 11) is 0. The largest absolute Gasteiger partial charge is 0.396 e. The molecule has 1 saturated carbocycles. The monoisotopic (exact) mass is 268 g/mol. The number of nitrogens with one attached hydrogen (secondary N) is 1. The van der Waals surface area contributed by atoms with Crippen molar-refractivity contribution in [3.63, 3.8) is 0 Å². The first kappa shape index (κ1) is 13.8. The van der Waals surface area contributed by atoms with Crippen LogP contribution in [0.25, 0.3) is 0 Å². The van der Waals surface area contributed by atoms with Crippen LogP contribution in [-0.2, 0) is 0 Å². The Balaban J connectivity index is 2.09. The van der Waals surface area contributed by atoms with Crippen LogP contribution in [0.1, 0.15) is 37.0 Å². The number of anilines is 1. The summed E-state index contributed by atoms with van der Waals surface area (Å²) in [6.45, 7) is 4.68. The van der Waals surface area contributed by atoms with Crippen molar-refractivity contribution in [2.75, 3.05) is 12.3 Å². The quantitative estimate of drug-likeness (QED) is 0.825. The van der Waals surface area contributed by atoms with Crippen LogP contribution in [0.5, 0.6) is 0 Å². The van der Waals surface area contributed by atoms with Crippen LogP contribution in [0.15, 0.2) is 12.1 Å². The molecular weight excluding hydrogens is 250 g/mol. The summed E-state index contributed by atoms with van der Waals surface area (Å²) in [6, 6.07) is 1.73. The Morgan fingerprint density at radius 1 is 1.42 bits per heavy atom. The molecule has 0 heterocycles. The van der Waals surface area contributed by atoms with Crippen molar-refractivity contribution in [3.05, 3.63) is 29.3 Å². The molecule has 1 aromatic rings. The zero-order valence-electron chi connectivity index (χ0n) is 11.1. The van der Waals surface area contributed by atoms with Crippen molar-refractivity contribution in [2.45, 2.75) is 26.7 Å². The van der Waals surface area contributed by atoms with Gasteiger partial charge in [-0.05, 0) is 36.3 Å². The van der Waals surface area contributed by atoms with Gasteiger partial charge in [0.15, 0.2) is 5.82 Å². The average Bonchev–Trinajstić information content (AvgIpc) is 3.12. The first-order chi connectivity index (χ1) is 8.85. The number of carbonyl (C=O) groups is 1. The number of nitrogen functional groups attached to an aromatic ring is 1. The molecule has 1 fully saturated rings. The first-order valence-electron chi connectivity index (χ1n) is 6.38. The van der Waals surface area contributed by atoms with Gasteiger partial charge in [0.05, 0.1) is 11.3 Å². The van der Waals surface area contributed by atoms with E-state index >= 15 is 0 Å². The van der Waals surface area contributed by atoms with Crippen molar-refractivity contribution in [1.82, 2.24) is 5.32 Å². The van der Waals surface area contributed by atoms with E-state index in [0.717, 1.165) is 25.0 Å². The highest BCUT2D eigenvalue weighted by Crippen LogP contribution is 2.51. The van der Waals surface area contributed by atoms with Gasteiger partial charge in [0.2, 0.25) is 0 Å². The summed E-state index contributed by atoms with van der Waals surface area (Å²) in [5.74, 6) is -1.74. The fourth-order valence-corrected chi connectivity index (χ4v) is 2.25. The molecule has 0 radical (unpaired) electrons. The standard InChI is InChI=1S/C14H18F2N2O/c1-8(2)14(3-4-14)7-18-13(19)10-5-9(15)6-11(17)12(10)16/h5-6,8H,3-4,7,17H2,1-2H3,(H,18,19). The van der Waals surface area contributed by atoms with Crippen LogP contribution in [0.4, 0.5) is 14.5 Å². The van der Waals surface area contributed by atoms with E-state index in [0.29, 0.717) is 12.5 Å². The second kappa shape index (κ2) is 4.79. The van der Waals surface area contributed by atoms with Crippen LogP contribution in [0.3, 0.4) is 0 Å². The van der Waals surface area contributed by atoms with Crippen LogP contribution in [-0.4, -0.2) is 12.5 Å². The molecule has 0 atom stereocenters. The third kappa shape index (κ3) is 2.69. The van der Waals surface area contributed by atoms with E-state index < -0.39 is 17.5 Å². The van der Waals surface area contributed by atoms with Gasteiger partial charge >= 0.3 is 0 Å². The maximum atomic E-state index is 13.7. The molecule has 0 aromatic heterocycles. The molecule has 3 nitrogen and oxygen atoms in total. The Labute approximate surface area is 111 Å². The van der Waals surface area contributed by atoms with E-state index in [2.05, 4.69) is 19.2 Å². The van der Waals surface area contributed by atoms with Gasteiger partial charge in [-0.1, -0.05) is 13.8 Å². The van der Waals surface area contributed by atoms with Crippen molar-refractivity contribution in [3.8, 4) is 0 Å². The Morgan fingerprint density at radius 2 is 2.05 bits per heavy atom. The zero-order valence-corrected chi connectivity index (χ0v) is 11.1. The summed E-state index contributed by atoms with van der Waals surface area (Å²) in [5.41, 5.74) is 4.74. The Hall–Kier alpha value is -1.65. The van der Waals surface area contributed by atoms with E-state index in [1.807, 2.05) is 0 Å². The molecule has 1 amide bonds. The maximum Gasteiger partial charge on any atom is 0.254 e. The fraction of sp³-hybridized carbons (Fsp3) is 0.500. The molecule has 3 N–H and O–H groups in total. The molecule has 0 spiro atoms. The summed E-state index contributed by atoms with van der Waals surface area (Å²) < 4.78 is 26.8. The minimum atomic E-state index is -0.867. The number of rotatable bonds is 4. The summed E-state index contributed by atoms with van der Waals surface area (Å²) in [4.78, 5) is 11.9. The van der Waals surface area contributed by atoms with Crippen molar-refractivity contribution >= 4 is 11.6 Å². The van der Waals surface area contributed by atoms with Gasteiger partial charge < -0.3 is 11.1 Å². The third-order valence-corrected chi connectivity index (χ3v) is 4.03. The van der Waals surface area contributed by atoms with Gasteiger partial charge in [0.25, 0.3) is 5.91 Å². The molecule has 1 aliphatic carbocycles. The van der Waals surface area contributed by atoms with Gasteiger partial charge in [0, 0.05) is 6.54 Å². The smallest absolute Gasteiger partial charge is 0.254 e. The molecule has 104 valence electrons. The lowest BCUT2D eigenvalue weighted by Crippen LogP contribution is -2.33. The van der Waals surface area contributed by atoms with Gasteiger partial charge in [-0.3, -0.25) is 4.79 Å². The van der Waals surface area contributed by atoms with Crippen molar-refractivity contribution in [1.29, 1.82) is 0 Å². The number of carbonyl (C=O) groups excluding carboxylic acids is 1. The number of halogens is 2. The molecule has 1 aromatic carbocycles. The molecule has 0 aliphatic heterocycles. The first-order valence-corrected chi connectivity index (χ1v) is 6.38. The highest BCUT2D eigenvalue weighted by atomic mass is 19.1.